The number of likely N-dealkylation sites (N-methyl/N-ethyl adjacent to an activating group) is 1. The summed E-state index contributed by atoms with van der Waals surface area (Å²) in [5, 5.41) is 17.4. The van der Waals surface area contributed by atoms with Crippen molar-refractivity contribution in [1.82, 2.24) is 25.1 Å². The van der Waals surface area contributed by atoms with E-state index in [0.717, 1.165) is 11.6 Å². The van der Waals surface area contributed by atoms with E-state index >= 15 is 13.2 Å². The molecule has 0 radical (unpaired) electrons. The molecule has 3 N–H and O–H groups in total. The molecule has 2 heterocycles. The van der Waals surface area contributed by atoms with Gasteiger partial charge in [-0.15, -0.1) is 0 Å². The number of hydrogen-bond donors (Lipinski definition) is 3. The summed E-state index contributed by atoms with van der Waals surface area (Å²) in [6, 6.07) is 9.01. The molecule has 260 valence electrons. The molecule has 0 spiro atoms. The van der Waals surface area contributed by atoms with Crippen LogP contribution in [0, 0.1) is 12.7 Å². The largest absolute Gasteiger partial charge is 0.410 e. The van der Waals surface area contributed by atoms with Crippen molar-refractivity contribution in [3.8, 4) is 0 Å². The van der Waals surface area contributed by atoms with Gasteiger partial charge < -0.3 is 30.0 Å². The Bertz CT molecular complexity index is 1710. The van der Waals surface area contributed by atoms with Crippen molar-refractivity contribution in [2.45, 2.75) is 77.5 Å². The van der Waals surface area contributed by atoms with Crippen molar-refractivity contribution in [3.63, 3.8) is 0 Å². The van der Waals surface area contributed by atoms with Crippen LogP contribution in [0.4, 0.5) is 19.0 Å². The fourth-order valence-electron chi connectivity index (χ4n) is 4.87. The minimum absolute atomic E-state index is 0.0506. The Labute approximate surface area is 282 Å². The third-order valence-electron chi connectivity index (χ3n) is 8.96. The summed E-state index contributed by atoms with van der Waals surface area (Å²) in [6.07, 6.45) is 4.11. The van der Waals surface area contributed by atoms with Gasteiger partial charge in [0.1, 0.15) is 30.3 Å². The normalized spacial score (nSPS) is 16.1. The van der Waals surface area contributed by atoms with E-state index in [1.807, 2.05) is 52.1 Å². The second-order valence-electron chi connectivity index (χ2n) is 14.0. The molecule has 2 atom stereocenters. The molecule has 1 aliphatic rings. The second-order valence-corrected chi connectivity index (χ2v) is 18.8. The van der Waals surface area contributed by atoms with Crippen molar-refractivity contribution in [1.29, 1.82) is 0 Å². The molecule has 0 saturated heterocycles. The maximum Gasteiger partial charge on any atom is 0.297 e. The Morgan fingerprint density at radius 1 is 1.17 bits per heavy atom. The number of aliphatic hydroxyl groups excluding tert-OH is 1. The van der Waals surface area contributed by atoms with E-state index < -0.39 is 44.5 Å². The molecule has 2 aromatic carbocycles. The Balaban J connectivity index is 1.51. The van der Waals surface area contributed by atoms with E-state index in [0.29, 0.717) is 34.8 Å². The number of aliphatic hydroxyl groups is 1. The number of nitrogens with one attached hydrogen (secondary N) is 2. The standard InChI is InChI=1S/C35H47F3N6O3Si/c1-22(26-11-10-12-28(32(26)36)35(37,38)21-47-48(8,9)34(3,4)5)40-33-27-17-24(13-14-29(27)41-23(2)42-33)19-39-25-15-16-44(30(45)18-25)20-31(46)43(6)7/h10-18,22,30,39,45H,19-21H2,1-9H3,(H,40,41,42)/t22-,30-/m1/s1. The predicted octanol–water partition coefficient (Wildman–Crippen LogP) is 6.57. The van der Waals surface area contributed by atoms with Crippen LogP contribution in [0.2, 0.25) is 18.1 Å². The number of allylic oxidation sites excluding steroid dienone is 1. The molecule has 3 aromatic rings. The molecule has 13 heteroatoms. The van der Waals surface area contributed by atoms with Crippen LogP contribution >= 0.6 is 0 Å². The summed E-state index contributed by atoms with van der Waals surface area (Å²) >= 11 is 0. The number of amides is 1. The maximum atomic E-state index is 15.8. The zero-order valence-corrected chi connectivity index (χ0v) is 30.2. The Hall–Kier alpha value is -3.94. The Kier molecular flexibility index (Phi) is 11.0. The first-order valence-corrected chi connectivity index (χ1v) is 18.8. The number of halogens is 3. The van der Waals surface area contributed by atoms with Crippen LogP contribution in [-0.2, 0) is 21.7 Å². The maximum absolute atomic E-state index is 15.8. The molecule has 0 fully saturated rings. The summed E-state index contributed by atoms with van der Waals surface area (Å²) in [7, 11) is 0.837. The van der Waals surface area contributed by atoms with E-state index in [1.54, 1.807) is 46.3 Å². The van der Waals surface area contributed by atoms with Crippen LogP contribution < -0.4 is 10.6 Å². The lowest BCUT2D eigenvalue weighted by Crippen LogP contribution is -2.43. The van der Waals surface area contributed by atoms with Gasteiger partial charge >= 0.3 is 0 Å². The van der Waals surface area contributed by atoms with E-state index in [1.165, 1.54) is 21.9 Å². The molecule has 1 aromatic heterocycles. The van der Waals surface area contributed by atoms with Crippen LogP contribution in [0.3, 0.4) is 0 Å². The van der Waals surface area contributed by atoms with Crippen molar-refractivity contribution in [3.05, 3.63) is 88.8 Å². The van der Waals surface area contributed by atoms with Crippen LogP contribution in [-0.4, -0.2) is 72.6 Å². The monoisotopic (exact) mass is 684 g/mol. The lowest BCUT2D eigenvalue weighted by atomic mass is 10.00. The number of carbonyl (C=O) groups is 1. The first-order chi connectivity index (χ1) is 22.3. The summed E-state index contributed by atoms with van der Waals surface area (Å²) in [5.41, 5.74) is 1.61. The zero-order valence-electron chi connectivity index (χ0n) is 29.2. The summed E-state index contributed by atoms with van der Waals surface area (Å²) in [6.45, 7) is 12.7. The lowest BCUT2D eigenvalue weighted by Gasteiger charge is -2.37. The number of anilines is 1. The van der Waals surface area contributed by atoms with Crippen molar-refractivity contribution < 1.29 is 27.5 Å². The minimum Gasteiger partial charge on any atom is -0.410 e. The van der Waals surface area contributed by atoms with Gasteiger partial charge in [-0.1, -0.05) is 39.0 Å². The van der Waals surface area contributed by atoms with Gasteiger partial charge in [-0.2, -0.15) is 8.78 Å². The van der Waals surface area contributed by atoms with E-state index in [9.17, 15) is 9.90 Å². The SMILES string of the molecule is Cc1nc(N[C@H](C)c2cccc(C(F)(F)CO[Si](C)(C)C(C)(C)C)c2F)c2cc(CNC3=C[C@@H](O)N(CC(=O)N(C)C)C=C3)ccc2n1. The van der Waals surface area contributed by atoms with Crippen molar-refractivity contribution >= 4 is 30.9 Å². The van der Waals surface area contributed by atoms with Crippen LogP contribution in [0.5, 0.6) is 0 Å². The van der Waals surface area contributed by atoms with Crippen LogP contribution in [0.25, 0.3) is 10.9 Å². The molecule has 9 nitrogen and oxygen atoms in total. The smallest absolute Gasteiger partial charge is 0.297 e. The van der Waals surface area contributed by atoms with Crippen LogP contribution in [0.15, 0.2) is 60.4 Å². The lowest BCUT2D eigenvalue weighted by molar-refractivity contribution is -0.130. The fourth-order valence-corrected chi connectivity index (χ4v) is 5.84. The summed E-state index contributed by atoms with van der Waals surface area (Å²) < 4.78 is 52.4. The number of alkyl halides is 2. The molecule has 0 bridgehead atoms. The Morgan fingerprint density at radius 2 is 1.88 bits per heavy atom. The van der Waals surface area contributed by atoms with Crippen molar-refractivity contribution in [2.24, 2.45) is 0 Å². The molecule has 1 aliphatic heterocycles. The third kappa shape index (κ3) is 8.55. The number of carbonyl (C=O) groups excluding carboxylic acids is 1. The number of fused-ring (bicyclic) bond motifs is 1. The van der Waals surface area contributed by atoms with Gasteiger partial charge in [0.15, 0.2) is 8.32 Å². The highest BCUT2D eigenvalue weighted by Crippen LogP contribution is 2.40. The number of hydrogen-bond acceptors (Lipinski definition) is 8. The van der Waals surface area contributed by atoms with Gasteiger partial charge in [0, 0.05) is 43.5 Å². The first kappa shape index (κ1) is 36.9. The number of aromatic nitrogens is 2. The predicted molar refractivity (Wildman–Crippen MR) is 185 cm³/mol. The number of aryl methyl sites for hydroxylation is 1. The van der Waals surface area contributed by atoms with E-state index in [2.05, 4.69) is 20.6 Å². The number of rotatable bonds is 12. The zero-order chi connectivity index (χ0) is 35.6. The third-order valence-corrected chi connectivity index (χ3v) is 13.4. The molecular weight excluding hydrogens is 638 g/mol. The fraction of sp³-hybridized carbons (Fsp3) is 0.457. The average Bonchev–Trinajstić information content (AvgIpc) is 2.99. The molecule has 0 saturated carbocycles. The van der Waals surface area contributed by atoms with Gasteiger partial charge in [0.25, 0.3) is 5.92 Å². The first-order valence-electron chi connectivity index (χ1n) is 15.9. The summed E-state index contributed by atoms with van der Waals surface area (Å²) in [5.74, 6) is -3.69. The highest BCUT2D eigenvalue weighted by atomic mass is 28.4. The molecule has 0 aliphatic carbocycles. The molecule has 4 rings (SSSR count). The topological polar surface area (TPSA) is 103 Å². The van der Waals surface area contributed by atoms with Gasteiger partial charge in [0.05, 0.1) is 23.7 Å². The quantitative estimate of drug-likeness (QED) is 0.184. The molecule has 0 unspecified atom stereocenters. The number of nitrogens with zero attached hydrogens (tertiary/aromatic N) is 4. The average molecular weight is 685 g/mol. The molecular formula is C35H47F3N6O3Si. The number of benzene rings is 2. The van der Waals surface area contributed by atoms with Gasteiger partial charge in [-0.3, -0.25) is 4.79 Å². The van der Waals surface area contributed by atoms with Crippen LogP contribution in [0.1, 0.15) is 56.3 Å². The van der Waals surface area contributed by atoms with E-state index in [4.69, 9.17) is 4.43 Å². The minimum atomic E-state index is -3.52. The van der Waals surface area contributed by atoms with Gasteiger partial charge in [-0.05, 0) is 67.9 Å². The highest BCUT2D eigenvalue weighted by molar-refractivity contribution is 6.74. The Morgan fingerprint density at radius 3 is 2.52 bits per heavy atom. The summed E-state index contributed by atoms with van der Waals surface area (Å²) in [4.78, 5) is 24.1. The van der Waals surface area contributed by atoms with Gasteiger partial charge in [0.2, 0.25) is 5.91 Å². The molecule has 1 amide bonds. The van der Waals surface area contributed by atoms with Gasteiger partial charge in [-0.25, -0.2) is 14.4 Å². The second kappa shape index (κ2) is 14.3. The highest BCUT2D eigenvalue weighted by Gasteiger charge is 2.43. The van der Waals surface area contributed by atoms with Crippen molar-refractivity contribution in [2.75, 3.05) is 32.6 Å². The molecule has 48 heavy (non-hydrogen) atoms. The van der Waals surface area contributed by atoms with E-state index in [-0.39, 0.29) is 23.1 Å².